The summed E-state index contributed by atoms with van der Waals surface area (Å²) < 4.78 is 56.3. The molecule has 0 aliphatic heterocycles. The van der Waals surface area contributed by atoms with Gasteiger partial charge in [0.15, 0.2) is 0 Å². The molecule has 16 heteroatoms. The molecule has 0 amide bonds. The van der Waals surface area contributed by atoms with E-state index in [1.165, 1.54) is 0 Å². The third-order valence-corrected chi connectivity index (χ3v) is 8.38. The predicted molar refractivity (Wildman–Crippen MR) is 127 cm³/mol. The maximum Gasteiger partial charge on any atom is 0.474 e. The van der Waals surface area contributed by atoms with Crippen molar-refractivity contribution < 1.29 is 36.3 Å². The van der Waals surface area contributed by atoms with Crippen molar-refractivity contribution in [3.05, 3.63) is 0 Å². The number of rotatable bonds is 22. The Kier molecular flexibility index (Phi) is 20.4. The molecule has 0 radical (unpaired) electrons. The van der Waals surface area contributed by atoms with Gasteiger partial charge in [-0.3, -0.25) is 27.1 Å². The predicted octanol–water partition coefficient (Wildman–Crippen LogP) is 6.50. The van der Waals surface area contributed by atoms with E-state index in [0.717, 1.165) is 0 Å². The van der Waals surface area contributed by atoms with Gasteiger partial charge in [-0.2, -0.15) is 0 Å². The number of phosphoric acid groups is 2. The van der Waals surface area contributed by atoms with Gasteiger partial charge in [0, 0.05) is 40.7 Å². The molecule has 31 heavy (non-hydrogen) atoms. The number of phosphoric ester groups is 2. The van der Waals surface area contributed by atoms with Crippen molar-refractivity contribution in [2.75, 3.05) is 74.9 Å². The topological polar surface area (TPSA) is 89.5 Å². The van der Waals surface area contributed by atoms with Gasteiger partial charge in [0.25, 0.3) is 0 Å². The third-order valence-electron chi connectivity index (χ3n) is 3.64. The summed E-state index contributed by atoms with van der Waals surface area (Å²) in [7, 11) is -7.67. The zero-order chi connectivity index (χ0) is 23.6. The average Bonchev–Trinajstić information content (AvgIpc) is 2.78. The van der Waals surface area contributed by atoms with Crippen LogP contribution in [0.5, 0.6) is 0 Å². The van der Waals surface area contributed by atoms with Gasteiger partial charge in [-0.15, -0.1) is 69.6 Å². The molecule has 0 saturated heterocycles. The lowest BCUT2D eigenvalue weighted by molar-refractivity contribution is 0.0948. The maximum atomic E-state index is 12.6. The monoisotopic (exact) mass is 608 g/mol. The molecule has 0 aliphatic rings. The molecular weight excluding hydrogens is 583 g/mol. The van der Waals surface area contributed by atoms with Crippen LogP contribution in [0, 0.1) is 5.41 Å². The molecule has 0 atom stereocenters. The summed E-state index contributed by atoms with van der Waals surface area (Å²) in [5.41, 5.74) is -0.684. The van der Waals surface area contributed by atoms with E-state index in [4.69, 9.17) is 96.7 Å². The second-order valence-corrected chi connectivity index (χ2v) is 11.3. The van der Waals surface area contributed by atoms with Gasteiger partial charge >= 0.3 is 15.6 Å². The van der Waals surface area contributed by atoms with Gasteiger partial charge in [-0.1, -0.05) is 0 Å². The summed E-state index contributed by atoms with van der Waals surface area (Å²) in [4.78, 5) is 0. The van der Waals surface area contributed by atoms with Gasteiger partial charge in [0.1, 0.15) is 0 Å². The first-order valence-electron chi connectivity index (χ1n) is 9.21. The van der Waals surface area contributed by atoms with Crippen LogP contribution in [0.1, 0.15) is 12.8 Å². The van der Waals surface area contributed by atoms with Crippen molar-refractivity contribution in [2.45, 2.75) is 12.8 Å². The second-order valence-electron chi connectivity index (χ2n) is 5.92. The molecular formula is C15H28Cl6O8P2. The molecule has 0 bridgehead atoms. The first kappa shape index (κ1) is 33.0. The van der Waals surface area contributed by atoms with Crippen LogP contribution in [0.15, 0.2) is 0 Å². The number of hydrogen-bond donors (Lipinski definition) is 0. The van der Waals surface area contributed by atoms with Gasteiger partial charge in [-0.05, 0) is 12.8 Å². The number of halogens is 6. The lowest BCUT2D eigenvalue weighted by Crippen LogP contribution is -2.29. The van der Waals surface area contributed by atoms with Crippen molar-refractivity contribution in [1.29, 1.82) is 0 Å². The van der Waals surface area contributed by atoms with Crippen molar-refractivity contribution >= 4 is 85.3 Å². The maximum absolute atomic E-state index is 12.6. The Balaban J connectivity index is 4.86. The largest absolute Gasteiger partial charge is 0.474 e. The molecule has 0 unspecified atom stereocenters. The van der Waals surface area contributed by atoms with Gasteiger partial charge < -0.3 is 0 Å². The van der Waals surface area contributed by atoms with Crippen LogP contribution < -0.4 is 0 Å². The second kappa shape index (κ2) is 19.2. The highest BCUT2D eigenvalue weighted by molar-refractivity contribution is 7.48. The van der Waals surface area contributed by atoms with Crippen LogP contribution in [0.2, 0.25) is 0 Å². The van der Waals surface area contributed by atoms with Gasteiger partial charge in [0.05, 0.1) is 39.6 Å². The third kappa shape index (κ3) is 14.8. The van der Waals surface area contributed by atoms with E-state index in [1.54, 1.807) is 0 Å². The van der Waals surface area contributed by atoms with Crippen LogP contribution in [0.4, 0.5) is 0 Å². The molecule has 0 fully saturated rings. The summed E-state index contributed by atoms with van der Waals surface area (Å²) in [5, 5.41) is 0. The molecule has 0 aromatic heterocycles. The minimum absolute atomic E-state index is 0.0228. The summed E-state index contributed by atoms with van der Waals surface area (Å²) in [6.45, 7) is -0.166. The van der Waals surface area contributed by atoms with Crippen LogP contribution in [0.3, 0.4) is 0 Å². The minimum Gasteiger partial charge on any atom is -0.287 e. The molecule has 0 spiro atoms. The van der Waals surface area contributed by atoms with Crippen LogP contribution in [0.25, 0.3) is 0 Å². The average molecular weight is 611 g/mol. The molecule has 0 aromatic carbocycles. The fraction of sp³-hybridized carbons (Fsp3) is 1.00. The van der Waals surface area contributed by atoms with Crippen molar-refractivity contribution in [1.82, 2.24) is 0 Å². The summed E-state index contributed by atoms with van der Waals surface area (Å²) >= 11 is 34.5. The highest BCUT2D eigenvalue weighted by Gasteiger charge is 2.34. The smallest absolute Gasteiger partial charge is 0.287 e. The van der Waals surface area contributed by atoms with Crippen LogP contribution >= 0.6 is 85.3 Å². The lowest BCUT2D eigenvalue weighted by Gasteiger charge is -2.30. The molecule has 0 saturated carbocycles. The van der Waals surface area contributed by atoms with E-state index in [0.29, 0.717) is 0 Å². The Morgan fingerprint density at radius 1 is 0.484 bits per heavy atom. The highest BCUT2D eigenvalue weighted by Crippen LogP contribution is 2.51. The number of hydrogen-bond acceptors (Lipinski definition) is 8. The molecule has 8 nitrogen and oxygen atoms in total. The van der Waals surface area contributed by atoms with Gasteiger partial charge in [-0.25, -0.2) is 9.13 Å². The summed E-state index contributed by atoms with van der Waals surface area (Å²) in [6.07, 6.45) is 0.578. The van der Waals surface area contributed by atoms with E-state index in [1.807, 2.05) is 0 Å². The van der Waals surface area contributed by atoms with E-state index in [9.17, 15) is 9.13 Å². The van der Waals surface area contributed by atoms with E-state index >= 15 is 0 Å². The van der Waals surface area contributed by atoms with Crippen molar-refractivity contribution in [3.63, 3.8) is 0 Å². The molecule has 0 heterocycles. The summed E-state index contributed by atoms with van der Waals surface area (Å²) in [6, 6.07) is 0. The van der Waals surface area contributed by atoms with E-state index < -0.39 is 21.1 Å². The quantitative estimate of drug-likeness (QED) is 0.101. The SMILES string of the molecule is O=P(OCCCl)(OCCCl)OCCC(CCl)(CCl)CCOP(=O)(OCCCl)OCCCl. The molecule has 0 N–H and O–H groups in total. The van der Waals surface area contributed by atoms with Crippen molar-refractivity contribution in [3.8, 4) is 0 Å². The Labute approximate surface area is 213 Å². The van der Waals surface area contributed by atoms with Gasteiger partial charge in [0.2, 0.25) is 0 Å². The zero-order valence-electron chi connectivity index (χ0n) is 16.8. The van der Waals surface area contributed by atoms with Crippen LogP contribution in [-0.4, -0.2) is 74.9 Å². The normalized spacial score (nSPS) is 13.1. The molecule has 188 valence electrons. The fourth-order valence-corrected chi connectivity index (χ4v) is 5.88. The van der Waals surface area contributed by atoms with E-state index in [2.05, 4.69) is 0 Å². The fourth-order valence-electron chi connectivity index (χ4n) is 1.98. The standard InChI is InChI=1S/C15H28Cl6O8P2/c16-3-9-26-30(22,27-10-4-17)24-7-1-15(13-20,14-21)2-8-25-31(23,28-11-5-18)29-12-6-19/h1-14H2. The Bertz CT molecular complexity index is 478. The van der Waals surface area contributed by atoms with Crippen LogP contribution in [-0.2, 0) is 36.3 Å². The highest BCUT2D eigenvalue weighted by atomic mass is 35.5. The molecule has 0 aromatic rings. The Hall–Kier alpha value is 1.96. The molecule has 0 aliphatic carbocycles. The number of alkyl halides is 6. The summed E-state index contributed by atoms with van der Waals surface area (Å²) in [5.74, 6) is 0.710. The minimum atomic E-state index is -3.83. The Morgan fingerprint density at radius 2 is 0.742 bits per heavy atom. The van der Waals surface area contributed by atoms with Crippen molar-refractivity contribution in [2.24, 2.45) is 5.41 Å². The lowest BCUT2D eigenvalue weighted by atomic mass is 9.86. The zero-order valence-corrected chi connectivity index (χ0v) is 23.2. The van der Waals surface area contributed by atoms with E-state index in [-0.39, 0.29) is 87.8 Å². The Morgan fingerprint density at radius 3 is 0.968 bits per heavy atom. The molecule has 0 rings (SSSR count). The first-order chi connectivity index (χ1) is 14.8. The first-order valence-corrected chi connectivity index (χ1v) is 15.3.